The second-order valence-corrected chi connectivity index (χ2v) is 9.82. The molecule has 0 fully saturated rings. The quantitative estimate of drug-likeness (QED) is 0.357. The van der Waals surface area contributed by atoms with Crippen molar-refractivity contribution >= 4 is 27.3 Å². The van der Waals surface area contributed by atoms with Crippen LogP contribution in [0.4, 0.5) is 5.69 Å². The first-order valence-corrected chi connectivity index (χ1v) is 12.3. The van der Waals surface area contributed by atoms with E-state index in [4.69, 9.17) is 9.47 Å². The molecular weight excluding hydrogens is 466 g/mol. The first kappa shape index (κ1) is 25.8. The van der Waals surface area contributed by atoms with E-state index in [-0.39, 0.29) is 10.6 Å². The minimum absolute atomic E-state index is 0.0390. The number of hydrogen-bond donors (Lipinski definition) is 1. The first-order chi connectivity index (χ1) is 16.6. The van der Waals surface area contributed by atoms with Crippen LogP contribution in [0.25, 0.3) is 0 Å². The van der Waals surface area contributed by atoms with Crippen LogP contribution in [0.3, 0.4) is 0 Å². The monoisotopic (exact) mass is 495 g/mol. The van der Waals surface area contributed by atoms with E-state index in [2.05, 4.69) is 10.5 Å². The van der Waals surface area contributed by atoms with Crippen LogP contribution in [0.1, 0.15) is 23.6 Å². The molecule has 1 N–H and O–H groups in total. The van der Waals surface area contributed by atoms with E-state index in [1.165, 1.54) is 32.4 Å². The van der Waals surface area contributed by atoms with Crippen molar-refractivity contribution in [2.45, 2.75) is 25.7 Å². The highest BCUT2D eigenvalue weighted by Crippen LogP contribution is 2.32. The number of amides is 1. The van der Waals surface area contributed by atoms with Gasteiger partial charge in [0, 0.05) is 6.07 Å². The Labute approximate surface area is 206 Å². The second-order valence-electron chi connectivity index (χ2n) is 7.96. The normalized spacial score (nSPS) is 11.6. The summed E-state index contributed by atoms with van der Waals surface area (Å²) in [7, 11) is -1.24. The molecule has 9 heteroatoms. The van der Waals surface area contributed by atoms with Crippen molar-refractivity contribution in [2.24, 2.45) is 5.10 Å². The predicted octanol–water partition coefficient (Wildman–Crippen LogP) is 4.06. The Bertz CT molecular complexity index is 1320. The fourth-order valence-electron chi connectivity index (χ4n) is 3.30. The number of hydrazone groups is 1. The van der Waals surface area contributed by atoms with Crippen molar-refractivity contribution in [3.05, 3.63) is 83.4 Å². The molecule has 0 aliphatic carbocycles. The number of aryl methyl sites for hydroxylation is 2. The summed E-state index contributed by atoms with van der Waals surface area (Å²) in [5, 5.41) is 4.15. The van der Waals surface area contributed by atoms with Gasteiger partial charge in [-0.1, -0.05) is 47.5 Å². The summed E-state index contributed by atoms with van der Waals surface area (Å²) >= 11 is 0. The third kappa shape index (κ3) is 6.19. The molecule has 0 aliphatic rings. The first-order valence-electron chi connectivity index (χ1n) is 10.9. The molecule has 0 heterocycles. The van der Waals surface area contributed by atoms with Gasteiger partial charge in [-0.2, -0.15) is 5.10 Å². The molecule has 0 saturated carbocycles. The molecule has 3 aromatic rings. The highest BCUT2D eigenvalue weighted by atomic mass is 32.2. The average molecular weight is 496 g/mol. The molecule has 0 atom stereocenters. The molecule has 0 spiro atoms. The van der Waals surface area contributed by atoms with E-state index in [9.17, 15) is 13.2 Å². The number of methoxy groups -OCH3 is 2. The van der Waals surface area contributed by atoms with Crippen LogP contribution in [-0.2, 0) is 14.8 Å². The summed E-state index contributed by atoms with van der Waals surface area (Å²) in [6.07, 6.45) is 0. The van der Waals surface area contributed by atoms with E-state index >= 15 is 0 Å². The zero-order valence-corrected chi connectivity index (χ0v) is 21.2. The molecule has 35 heavy (non-hydrogen) atoms. The van der Waals surface area contributed by atoms with Gasteiger partial charge in [-0.05, 0) is 50.6 Å². The van der Waals surface area contributed by atoms with Crippen molar-refractivity contribution in [1.29, 1.82) is 0 Å². The molecule has 8 nitrogen and oxygen atoms in total. The summed E-state index contributed by atoms with van der Waals surface area (Å²) < 4.78 is 38.8. The van der Waals surface area contributed by atoms with E-state index in [0.29, 0.717) is 17.1 Å². The molecule has 0 bridgehead atoms. The minimum Gasteiger partial charge on any atom is -0.493 e. The minimum atomic E-state index is -4.13. The van der Waals surface area contributed by atoms with Crippen LogP contribution in [0, 0.1) is 13.8 Å². The molecule has 0 aromatic heterocycles. The third-order valence-electron chi connectivity index (χ3n) is 5.37. The van der Waals surface area contributed by atoms with Crippen LogP contribution < -0.4 is 19.2 Å². The van der Waals surface area contributed by atoms with E-state index < -0.39 is 22.5 Å². The smallest absolute Gasteiger partial charge is 0.264 e. The van der Waals surface area contributed by atoms with Gasteiger partial charge in [0.05, 0.1) is 30.5 Å². The Kier molecular flexibility index (Phi) is 8.14. The Hall–Kier alpha value is -3.85. The second kappa shape index (κ2) is 11.1. The molecule has 0 unspecified atom stereocenters. The van der Waals surface area contributed by atoms with Gasteiger partial charge in [-0.15, -0.1) is 0 Å². The Morgan fingerprint density at radius 2 is 1.46 bits per heavy atom. The largest absolute Gasteiger partial charge is 0.493 e. The molecular formula is C26H29N3O5S. The lowest BCUT2D eigenvalue weighted by molar-refractivity contribution is -0.119. The fraction of sp³-hybridized carbons (Fsp3) is 0.231. The Morgan fingerprint density at radius 3 is 2.03 bits per heavy atom. The van der Waals surface area contributed by atoms with Gasteiger partial charge in [-0.3, -0.25) is 9.10 Å². The number of nitrogens with zero attached hydrogens (tertiary/aromatic N) is 2. The van der Waals surface area contributed by atoms with E-state index in [0.717, 1.165) is 21.0 Å². The molecule has 3 rings (SSSR count). The maximum atomic E-state index is 13.6. The Balaban J connectivity index is 1.91. The SMILES string of the molecule is COc1ccc(S(=O)(=O)N(CC(=O)NN=C(C)c2ccc(C)cc2)c2ccc(C)cc2)cc1OC. The topological polar surface area (TPSA) is 97.3 Å². The number of ether oxygens (including phenoxy) is 2. The number of nitrogens with one attached hydrogen (secondary N) is 1. The molecule has 0 aliphatic heterocycles. The summed E-state index contributed by atoms with van der Waals surface area (Å²) in [6.45, 7) is 5.18. The highest BCUT2D eigenvalue weighted by Gasteiger charge is 2.28. The number of benzene rings is 3. The summed E-state index contributed by atoms with van der Waals surface area (Å²) in [5.41, 5.74) is 6.34. The van der Waals surface area contributed by atoms with Crippen LogP contribution >= 0.6 is 0 Å². The number of carbonyl (C=O) groups is 1. The number of rotatable bonds is 9. The third-order valence-corrected chi connectivity index (χ3v) is 7.14. The predicted molar refractivity (Wildman–Crippen MR) is 137 cm³/mol. The summed E-state index contributed by atoms with van der Waals surface area (Å²) in [5.74, 6) is 0.0771. The van der Waals surface area contributed by atoms with Gasteiger partial charge in [-0.25, -0.2) is 13.8 Å². The number of hydrogen-bond acceptors (Lipinski definition) is 6. The van der Waals surface area contributed by atoms with Crippen molar-refractivity contribution in [3.8, 4) is 11.5 Å². The lowest BCUT2D eigenvalue weighted by Gasteiger charge is -2.24. The highest BCUT2D eigenvalue weighted by molar-refractivity contribution is 7.92. The fourth-order valence-corrected chi connectivity index (χ4v) is 4.74. The molecule has 0 radical (unpaired) electrons. The van der Waals surface area contributed by atoms with Crippen LogP contribution in [0.2, 0.25) is 0 Å². The number of carbonyl (C=O) groups excluding carboxylic acids is 1. The summed E-state index contributed by atoms with van der Waals surface area (Å²) in [6, 6.07) is 18.9. The average Bonchev–Trinajstić information content (AvgIpc) is 2.86. The van der Waals surface area contributed by atoms with Gasteiger partial charge < -0.3 is 9.47 Å². The number of sulfonamides is 1. The van der Waals surface area contributed by atoms with E-state index in [1.54, 1.807) is 31.2 Å². The maximum Gasteiger partial charge on any atom is 0.264 e. The van der Waals surface area contributed by atoms with Crippen LogP contribution in [-0.4, -0.2) is 40.8 Å². The molecule has 1 amide bonds. The van der Waals surface area contributed by atoms with E-state index in [1.807, 2.05) is 38.1 Å². The van der Waals surface area contributed by atoms with Gasteiger partial charge in [0.1, 0.15) is 6.54 Å². The zero-order chi connectivity index (χ0) is 25.6. The number of anilines is 1. The summed E-state index contributed by atoms with van der Waals surface area (Å²) in [4.78, 5) is 12.8. The van der Waals surface area contributed by atoms with Crippen LogP contribution in [0.15, 0.2) is 76.7 Å². The molecule has 0 saturated heterocycles. The maximum absolute atomic E-state index is 13.6. The van der Waals surface area contributed by atoms with Crippen molar-refractivity contribution in [3.63, 3.8) is 0 Å². The van der Waals surface area contributed by atoms with Crippen LogP contribution in [0.5, 0.6) is 11.5 Å². The standard InChI is InChI=1S/C26H29N3O5S/c1-18-6-10-21(11-7-18)20(3)27-28-26(30)17-29(22-12-8-19(2)9-13-22)35(31,32)23-14-15-24(33-4)25(16-23)34-5/h6-16H,17H2,1-5H3,(H,28,30). The van der Waals surface area contributed by atoms with Gasteiger partial charge in [0.25, 0.3) is 15.9 Å². The lowest BCUT2D eigenvalue weighted by atomic mass is 10.1. The molecule has 184 valence electrons. The molecule has 3 aromatic carbocycles. The van der Waals surface area contributed by atoms with Crippen molar-refractivity contribution in [1.82, 2.24) is 5.43 Å². The Morgan fingerprint density at radius 1 is 0.886 bits per heavy atom. The van der Waals surface area contributed by atoms with Crippen molar-refractivity contribution in [2.75, 3.05) is 25.1 Å². The lowest BCUT2D eigenvalue weighted by Crippen LogP contribution is -2.39. The zero-order valence-electron chi connectivity index (χ0n) is 20.4. The van der Waals surface area contributed by atoms with Crippen molar-refractivity contribution < 1.29 is 22.7 Å². The van der Waals surface area contributed by atoms with Gasteiger partial charge in [0.2, 0.25) is 0 Å². The van der Waals surface area contributed by atoms with Gasteiger partial charge >= 0.3 is 0 Å². The van der Waals surface area contributed by atoms with Gasteiger partial charge in [0.15, 0.2) is 11.5 Å².